The topological polar surface area (TPSA) is 48.1 Å². The van der Waals surface area contributed by atoms with E-state index in [1.54, 1.807) is 0 Å². The maximum absolute atomic E-state index is 12.4. The van der Waals surface area contributed by atoms with Crippen LogP contribution in [0.2, 0.25) is 0 Å². The molecule has 168 valence electrons. The molecule has 5 rings (SSSR count). The molecule has 0 saturated carbocycles. The van der Waals surface area contributed by atoms with Crippen molar-refractivity contribution in [3.8, 4) is 0 Å². The van der Waals surface area contributed by atoms with Gasteiger partial charge in [-0.2, -0.15) is 0 Å². The van der Waals surface area contributed by atoms with Crippen LogP contribution in [0, 0.1) is 5.92 Å². The Balaban J connectivity index is 1.35. The molecule has 0 bridgehead atoms. The van der Waals surface area contributed by atoms with E-state index >= 15 is 0 Å². The summed E-state index contributed by atoms with van der Waals surface area (Å²) in [6.45, 7) is 8.74. The number of amides is 1. The van der Waals surface area contributed by atoms with E-state index in [4.69, 9.17) is 0 Å². The maximum atomic E-state index is 12.4. The molecule has 0 unspecified atom stereocenters. The maximum Gasteiger partial charge on any atom is 0.251 e. The second-order valence-corrected chi connectivity index (χ2v) is 10.9. The quantitative estimate of drug-likeness (QED) is 0.595. The third-order valence-electron chi connectivity index (χ3n) is 7.62. The highest BCUT2D eigenvalue weighted by atomic mass is 16.1. The third kappa shape index (κ3) is 3.86. The van der Waals surface area contributed by atoms with Gasteiger partial charge in [-0.15, -0.1) is 0 Å². The lowest BCUT2D eigenvalue weighted by Gasteiger charge is -2.46. The zero-order valence-corrected chi connectivity index (χ0v) is 19.7. The number of hydrogen-bond donors (Lipinski definition) is 2. The molecule has 1 aliphatic carbocycles. The van der Waals surface area contributed by atoms with Crippen LogP contribution in [0.25, 0.3) is 10.9 Å². The number of rotatable bonds is 4. The van der Waals surface area contributed by atoms with Crippen molar-refractivity contribution in [3.63, 3.8) is 0 Å². The molecular formula is C28H35N3O. The zero-order valence-electron chi connectivity index (χ0n) is 19.7. The molecular weight excluding hydrogens is 394 g/mol. The van der Waals surface area contributed by atoms with Crippen molar-refractivity contribution in [3.05, 3.63) is 70.9 Å². The Labute approximate surface area is 191 Å². The first-order valence-electron chi connectivity index (χ1n) is 12.0. The van der Waals surface area contributed by atoms with Gasteiger partial charge >= 0.3 is 0 Å². The Kier molecular flexibility index (Phi) is 5.37. The lowest BCUT2D eigenvalue weighted by molar-refractivity contribution is 0.0926. The monoisotopic (exact) mass is 429 g/mol. The number of aromatic amines is 1. The van der Waals surface area contributed by atoms with E-state index < -0.39 is 0 Å². The van der Waals surface area contributed by atoms with Crippen molar-refractivity contribution >= 4 is 16.8 Å². The molecule has 2 aromatic carbocycles. The standard InChI is InChI=1S/C28H35N3O/c1-28(2,3)21-14-23-22-12-18(10-11-29-27(32)19-8-6-5-7-9-19)17-31(4)25(22)13-20-16-30-24(15-21)26(20)23/h5-9,14-16,18,22,25,30H,10-13,17H2,1-4H3,(H,29,32)/t18-,22-,25-/m1/s1. The average Bonchev–Trinajstić information content (AvgIpc) is 3.18. The molecule has 0 radical (unpaired) electrons. The van der Waals surface area contributed by atoms with Gasteiger partial charge in [-0.3, -0.25) is 4.79 Å². The first kappa shape index (κ1) is 21.3. The van der Waals surface area contributed by atoms with Gasteiger partial charge in [0.1, 0.15) is 0 Å². The van der Waals surface area contributed by atoms with Crippen LogP contribution in [0.1, 0.15) is 66.6 Å². The molecule has 1 aromatic heterocycles. The van der Waals surface area contributed by atoms with Crippen LogP contribution in [0.4, 0.5) is 0 Å². The first-order chi connectivity index (χ1) is 15.3. The summed E-state index contributed by atoms with van der Waals surface area (Å²) in [5, 5.41) is 4.59. The van der Waals surface area contributed by atoms with E-state index in [9.17, 15) is 4.79 Å². The molecule has 2 heterocycles. The summed E-state index contributed by atoms with van der Waals surface area (Å²) in [4.78, 5) is 18.6. The lowest BCUT2D eigenvalue weighted by Crippen LogP contribution is -2.48. The normalized spacial score (nSPS) is 23.2. The minimum atomic E-state index is 0.0295. The van der Waals surface area contributed by atoms with Crippen LogP contribution in [0.15, 0.2) is 48.7 Å². The number of likely N-dealkylation sites (tertiary alicyclic amines) is 1. The Morgan fingerprint density at radius 3 is 2.72 bits per heavy atom. The van der Waals surface area contributed by atoms with Crippen LogP contribution in [-0.2, 0) is 11.8 Å². The number of nitrogens with one attached hydrogen (secondary N) is 2. The lowest BCUT2D eigenvalue weighted by atomic mass is 9.70. The summed E-state index contributed by atoms with van der Waals surface area (Å²) in [5.74, 6) is 1.17. The number of H-pyrrole nitrogens is 1. The Bertz CT molecular complexity index is 1120. The Hall–Kier alpha value is -2.59. The number of nitrogens with zero attached hydrogens (tertiary/aromatic N) is 1. The predicted molar refractivity (Wildman–Crippen MR) is 131 cm³/mol. The summed E-state index contributed by atoms with van der Waals surface area (Å²) in [5.41, 5.74) is 6.57. The largest absolute Gasteiger partial charge is 0.361 e. The third-order valence-corrected chi connectivity index (χ3v) is 7.62. The van der Waals surface area contributed by atoms with Gasteiger partial charge in [-0.25, -0.2) is 0 Å². The SMILES string of the molecule is CN1C[C@H](CCNC(=O)c2ccccc2)C[C@@H]2c3cc(C(C)(C)C)cc4[nH]cc(c34)C[C@H]21. The molecule has 1 aliphatic heterocycles. The first-order valence-corrected chi connectivity index (χ1v) is 12.0. The molecule has 1 saturated heterocycles. The average molecular weight is 430 g/mol. The van der Waals surface area contributed by atoms with E-state index in [-0.39, 0.29) is 11.3 Å². The van der Waals surface area contributed by atoms with Crippen molar-refractivity contribution in [2.45, 2.75) is 57.4 Å². The fourth-order valence-electron chi connectivity index (χ4n) is 5.85. The number of carbonyl (C=O) groups excluding carboxylic acids is 1. The molecule has 4 nitrogen and oxygen atoms in total. The van der Waals surface area contributed by atoms with Crippen molar-refractivity contribution < 1.29 is 4.79 Å². The molecule has 0 spiro atoms. The van der Waals surface area contributed by atoms with E-state index in [1.807, 2.05) is 30.3 Å². The number of hydrogen-bond acceptors (Lipinski definition) is 2. The molecule has 3 aromatic rings. The van der Waals surface area contributed by atoms with Gasteiger partial charge in [0, 0.05) is 47.7 Å². The van der Waals surface area contributed by atoms with E-state index in [0.717, 1.165) is 31.5 Å². The van der Waals surface area contributed by atoms with E-state index in [0.29, 0.717) is 17.9 Å². The van der Waals surface area contributed by atoms with Crippen LogP contribution in [-0.4, -0.2) is 42.0 Å². The highest BCUT2D eigenvalue weighted by Gasteiger charge is 2.39. The van der Waals surface area contributed by atoms with Crippen LogP contribution in [0.3, 0.4) is 0 Å². The molecule has 32 heavy (non-hydrogen) atoms. The molecule has 3 atom stereocenters. The fraction of sp³-hybridized carbons (Fsp3) is 0.464. The second-order valence-electron chi connectivity index (χ2n) is 10.9. The van der Waals surface area contributed by atoms with Gasteiger partial charge in [0.05, 0.1) is 0 Å². The highest BCUT2D eigenvalue weighted by molar-refractivity contribution is 5.94. The van der Waals surface area contributed by atoms with Crippen LogP contribution in [0.5, 0.6) is 0 Å². The summed E-state index contributed by atoms with van der Waals surface area (Å²) < 4.78 is 0. The summed E-state index contributed by atoms with van der Waals surface area (Å²) in [6, 6.07) is 14.9. The summed E-state index contributed by atoms with van der Waals surface area (Å²) in [7, 11) is 2.29. The van der Waals surface area contributed by atoms with Gasteiger partial charge < -0.3 is 15.2 Å². The molecule has 1 fully saturated rings. The number of benzene rings is 2. The van der Waals surface area contributed by atoms with Crippen molar-refractivity contribution in [1.82, 2.24) is 15.2 Å². The number of likely N-dealkylation sites (N-methyl/N-ethyl adjacent to an activating group) is 1. The van der Waals surface area contributed by atoms with Gasteiger partial charge in [0.15, 0.2) is 0 Å². The number of carbonyl (C=O) groups is 1. The molecule has 4 heteroatoms. The Morgan fingerprint density at radius 2 is 1.97 bits per heavy atom. The van der Waals surface area contributed by atoms with Gasteiger partial charge in [0.2, 0.25) is 0 Å². The second kappa shape index (κ2) is 8.08. The smallest absolute Gasteiger partial charge is 0.251 e. The van der Waals surface area contributed by atoms with Crippen LogP contribution >= 0.6 is 0 Å². The van der Waals surface area contributed by atoms with Crippen molar-refractivity contribution in [2.75, 3.05) is 20.1 Å². The van der Waals surface area contributed by atoms with Gasteiger partial charge in [-0.05, 0) is 72.5 Å². The summed E-state index contributed by atoms with van der Waals surface area (Å²) >= 11 is 0. The van der Waals surface area contributed by atoms with Gasteiger partial charge in [-0.1, -0.05) is 45.0 Å². The number of aromatic nitrogens is 1. The Morgan fingerprint density at radius 1 is 1.19 bits per heavy atom. The minimum absolute atomic E-state index is 0.0295. The predicted octanol–water partition coefficient (Wildman–Crippen LogP) is 5.25. The van der Waals surface area contributed by atoms with Crippen LogP contribution < -0.4 is 5.32 Å². The fourth-order valence-corrected chi connectivity index (χ4v) is 5.85. The summed E-state index contributed by atoms with van der Waals surface area (Å²) in [6.07, 6.45) is 5.58. The highest BCUT2D eigenvalue weighted by Crippen LogP contribution is 2.46. The number of piperidine rings is 1. The van der Waals surface area contributed by atoms with Gasteiger partial charge in [0.25, 0.3) is 5.91 Å². The molecule has 2 N–H and O–H groups in total. The van der Waals surface area contributed by atoms with E-state index in [1.165, 1.54) is 34.0 Å². The molecule has 1 amide bonds. The van der Waals surface area contributed by atoms with Crippen molar-refractivity contribution in [2.24, 2.45) is 5.92 Å². The molecule has 2 aliphatic rings. The minimum Gasteiger partial charge on any atom is -0.361 e. The zero-order chi connectivity index (χ0) is 22.5. The van der Waals surface area contributed by atoms with Crippen molar-refractivity contribution in [1.29, 1.82) is 0 Å². The number of fused-ring (bicyclic) bond motifs is 2. The van der Waals surface area contributed by atoms with E-state index in [2.05, 4.69) is 61.3 Å².